The molecule has 5 heteroatoms. The zero-order valence-corrected chi connectivity index (χ0v) is 11.3. The van der Waals surface area contributed by atoms with Crippen LogP contribution in [-0.4, -0.2) is 45.2 Å². The number of carbonyl (C=O) groups excluding carboxylic acids is 1. The summed E-state index contributed by atoms with van der Waals surface area (Å²) in [5, 5.41) is 2.88. The molecule has 0 aromatic heterocycles. The smallest absolute Gasteiger partial charge is 0.321 e. The summed E-state index contributed by atoms with van der Waals surface area (Å²) >= 11 is 0. The molecule has 0 heterocycles. The van der Waals surface area contributed by atoms with Gasteiger partial charge in [0.05, 0.1) is 0 Å². The Morgan fingerprint density at radius 2 is 1.83 bits per heavy atom. The summed E-state index contributed by atoms with van der Waals surface area (Å²) in [6.07, 6.45) is 0.939. The van der Waals surface area contributed by atoms with Crippen LogP contribution in [0.25, 0.3) is 0 Å². The van der Waals surface area contributed by atoms with E-state index in [-0.39, 0.29) is 6.03 Å². The first-order valence-electron chi connectivity index (χ1n) is 6.02. The minimum atomic E-state index is -0.0986. The first-order chi connectivity index (χ1) is 8.50. The average Bonchev–Trinajstić information content (AvgIpc) is 2.34. The van der Waals surface area contributed by atoms with Gasteiger partial charge in [0.15, 0.2) is 0 Å². The molecule has 2 amide bonds. The molecule has 0 aliphatic carbocycles. The van der Waals surface area contributed by atoms with E-state index in [0.717, 1.165) is 18.7 Å². The monoisotopic (exact) mass is 250 g/mol. The molecule has 3 N–H and O–H groups in total. The Morgan fingerprint density at radius 1 is 1.22 bits per heavy atom. The van der Waals surface area contributed by atoms with Crippen molar-refractivity contribution in [2.24, 2.45) is 0 Å². The van der Waals surface area contributed by atoms with Crippen molar-refractivity contribution in [2.45, 2.75) is 6.42 Å². The van der Waals surface area contributed by atoms with E-state index in [9.17, 15) is 4.79 Å². The van der Waals surface area contributed by atoms with Gasteiger partial charge in [-0.1, -0.05) is 0 Å². The van der Waals surface area contributed by atoms with E-state index in [1.807, 2.05) is 26.2 Å². The van der Waals surface area contributed by atoms with Gasteiger partial charge < -0.3 is 16.0 Å². The fourth-order valence-corrected chi connectivity index (χ4v) is 1.52. The van der Waals surface area contributed by atoms with Crippen LogP contribution in [0.3, 0.4) is 0 Å². The summed E-state index contributed by atoms with van der Waals surface area (Å²) in [5.41, 5.74) is 7.13. The molecule has 0 bridgehead atoms. The van der Waals surface area contributed by atoms with Crippen LogP contribution in [0.15, 0.2) is 24.3 Å². The average molecular weight is 250 g/mol. The molecule has 0 spiro atoms. The molecule has 0 fully saturated rings. The molecule has 0 saturated carbocycles. The van der Waals surface area contributed by atoms with Gasteiger partial charge in [-0.3, -0.25) is 4.90 Å². The van der Waals surface area contributed by atoms with Crippen molar-refractivity contribution in [3.05, 3.63) is 24.3 Å². The minimum Gasteiger partial charge on any atom is -0.399 e. The second-order valence-corrected chi connectivity index (χ2v) is 4.54. The number of nitrogens with two attached hydrogens (primary N) is 1. The SMILES string of the molecule is CN(C)CCCNC(=O)N(C)c1ccc(N)cc1. The van der Waals surface area contributed by atoms with Crippen LogP contribution < -0.4 is 16.0 Å². The van der Waals surface area contributed by atoms with E-state index in [2.05, 4.69) is 10.2 Å². The Bertz CT molecular complexity index is 375. The molecule has 0 aliphatic rings. The summed E-state index contributed by atoms with van der Waals surface area (Å²) in [5.74, 6) is 0. The Balaban J connectivity index is 2.39. The Hall–Kier alpha value is -1.75. The number of urea groups is 1. The van der Waals surface area contributed by atoms with E-state index >= 15 is 0 Å². The van der Waals surface area contributed by atoms with Gasteiger partial charge in [-0.25, -0.2) is 4.79 Å². The number of carbonyl (C=O) groups is 1. The molecule has 18 heavy (non-hydrogen) atoms. The number of hydrogen-bond donors (Lipinski definition) is 2. The molecule has 0 radical (unpaired) electrons. The number of nitrogens with one attached hydrogen (secondary N) is 1. The number of benzene rings is 1. The van der Waals surface area contributed by atoms with Crippen LogP contribution in [0.1, 0.15) is 6.42 Å². The van der Waals surface area contributed by atoms with Crippen molar-refractivity contribution in [1.82, 2.24) is 10.2 Å². The third kappa shape index (κ3) is 4.63. The van der Waals surface area contributed by atoms with Gasteiger partial charge in [0.25, 0.3) is 0 Å². The number of nitrogen functional groups attached to an aromatic ring is 1. The van der Waals surface area contributed by atoms with Crippen LogP contribution in [0.4, 0.5) is 16.2 Å². The Morgan fingerprint density at radius 3 is 2.39 bits per heavy atom. The van der Waals surface area contributed by atoms with Crippen molar-refractivity contribution in [3.63, 3.8) is 0 Å². The molecule has 0 unspecified atom stereocenters. The van der Waals surface area contributed by atoms with Crippen LogP contribution >= 0.6 is 0 Å². The van der Waals surface area contributed by atoms with E-state index in [0.29, 0.717) is 12.2 Å². The molecular weight excluding hydrogens is 228 g/mol. The molecule has 1 rings (SSSR count). The van der Waals surface area contributed by atoms with Gasteiger partial charge in [-0.2, -0.15) is 0 Å². The normalized spacial score (nSPS) is 10.4. The van der Waals surface area contributed by atoms with Crippen molar-refractivity contribution in [3.8, 4) is 0 Å². The summed E-state index contributed by atoms with van der Waals surface area (Å²) in [4.78, 5) is 15.5. The highest BCUT2D eigenvalue weighted by atomic mass is 16.2. The molecular formula is C13H22N4O. The van der Waals surface area contributed by atoms with Gasteiger partial charge >= 0.3 is 6.03 Å². The molecule has 1 aromatic rings. The predicted octanol–water partition coefficient (Wildman–Crippen LogP) is 1.37. The number of hydrogen-bond acceptors (Lipinski definition) is 3. The van der Waals surface area contributed by atoms with Gasteiger partial charge in [0.1, 0.15) is 0 Å². The van der Waals surface area contributed by atoms with Crippen LogP contribution in [0, 0.1) is 0 Å². The standard InChI is InChI=1S/C13H22N4O/c1-16(2)10-4-9-15-13(18)17(3)12-7-5-11(14)6-8-12/h5-8H,4,9-10,14H2,1-3H3,(H,15,18). The van der Waals surface area contributed by atoms with Crippen molar-refractivity contribution >= 4 is 17.4 Å². The summed E-state index contributed by atoms with van der Waals surface area (Å²) in [7, 11) is 5.78. The second-order valence-electron chi connectivity index (χ2n) is 4.54. The molecule has 5 nitrogen and oxygen atoms in total. The fraction of sp³-hybridized carbons (Fsp3) is 0.462. The first-order valence-corrected chi connectivity index (χ1v) is 6.02. The van der Waals surface area contributed by atoms with Crippen LogP contribution in [-0.2, 0) is 0 Å². The van der Waals surface area contributed by atoms with E-state index in [4.69, 9.17) is 5.73 Å². The molecule has 100 valence electrons. The fourth-order valence-electron chi connectivity index (χ4n) is 1.52. The summed E-state index contributed by atoms with van der Waals surface area (Å²) < 4.78 is 0. The number of nitrogens with zero attached hydrogens (tertiary/aromatic N) is 2. The van der Waals surface area contributed by atoms with Gasteiger partial charge in [-0.05, 0) is 51.3 Å². The van der Waals surface area contributed by atoms with Gasteiger partial charge in [0.2, 0.25) is 0 Å². The van der Waals surface area contributed by atoms with E-state index in [1.165, 1.54) is 0 Å². The third-order valence-corrected chi connectivity index (χ3v) is 2.64. The lowest BCUT2D eigenvalue weighted by atomic mass is 10.3. The highest BCUT2D eigenvalue weighted by molar-refractivity contribution is 5.91. The lowest BCUT2D eigenvalue weighted by Crippen LogP contribution is -2.38. The van der Waals surface area contributed by atoms with Crippen molar-refractivity contribution in [2.75, 3.05) is 44.9 Å². The topological polar surface area (TPSA) is 61.6 Å². The maximum absolute atomic E-state index is 11.8. The maximum Gasteiger partial charge on any atom is 0.321 e. The minimum absolute atomic E-state index is 0.0986. The Kier molecular flexibility index (Phi) is 5.45. The molecule has 0 aliphatic heterocycles. The predicted molar refractivity (Wildman–Crippen MR) is 75.8 cm³/mol. The zero-order valence-electron chi connectivity index (χ0n) is 11.3. The number of anilines is 2. The van der Waals surface area contributed by atoms with E-state index < -0.39 is 0 Å². The van der Waals surface area contributed by atoms with E-state index in [1.54, 1.807) is 24.1 Å². The lowest BCUT2D eigenvalue weighted by Gasteiger charge is -2.18. The molecule has 0 atom stereocenters. The van der Waals surface area contributed by atoms with Crippen LogP contribution in [0.2, 0.25) is 0 Å². The molecule has 1 aromatic carbocycles. The zero-order chi connectivity index (χ0) is 13.5. The number of amides is 2. The van der Waals surface area contributed by atoms with Crippen molar-refractivity contribution in [1.29, 1.82) is 0 Å². The van der Waals surface area contributed by atoms with Crippen LogP contribution in [0.5, 0.6) is 0 Å². The van der Waals surface area contributed by atoms with Gasteiger partial charge in [-0.15, -0.1) is 0 Å². The second kappa shape index (κ2) is 6.86. The highest BCUT2D eigenvalue weighted by Gasteiger charge is 2.09. The maximum atomic E-state index is 11.8. The van der Waals surface area contributed by atoms with Crippen molar-refractivity contribution < 1.29 is 4.79 Å². The molecule has 0 saturated heterocycles. The lowest BCUT2D eigenvalue weighted by molar-refractivity contribution is 0.247. The first kappa shape index (κ1) is 14.3. The summed E-state index contributed by atoms with van der Waals surface area (Å²) in [6, 6.07) is 7.12. The Labute approximate surface area is 109 Å². The van der Waals surface area contributed by atoms with Gasteiger partial charge in [0, 0.05) is 25.0 Å². The quantitative estimate of drug-likeness (QED) is 0.613. The number of rotatable bonds is 5. The highest BCUT2D eigenvalue weighted by Crippen LogP contribution is 2.14. The largest absolute Gasteiger partial charge is 0.399 e. The summed E-state index contributed by atoms with van der Waals surface area (Å²) in [6.45, 7) is 1.64. The third-order valence-electron chi connectivity index (χ3n) is 2.64.